The second-order valence-electron chi connectivity index (χ2n) is 5.50. The van der Waals surface area contributed by atoms with Crippen LogP contribution in [0, 0.1) is 17.8 Å². The maximum atomic E-state index is 3.39. The van der Waals surface area contributed by atoms with Crippen molar-refractivity contribution in [3.8, 4) is 0 Å². The molecule has 0 radical (unpaired) electrons. The third-order valence-electron chi connectivity index (χ3n) is 4.64. The summed E-state index contributed by atoms with van der Waals surface area (Å²) in [4.78, 5) is 0. The van der Waals surface area contributed by atoms with Gasteiger partial charge in [-0.25, -0.2) is 0 Å². The topological polar surface area (TPSA) is 12.0 Å². The molecule has 2 atom stereocenters. The second-order valence-corrected chi connectivity index (χ2v) is 5.50. The Balaban J connectivity index is 1.90. The summed E-state index contributed by atoms with van der Waals surface area (Å²) in [6.45, 7) is 1.21. The van der Waals surface area contributed by atoms with Crippen LogP contribution >= 0.6 is 0 Å². The van der Waals surface area contributed by atoms with Gasteiger partial charge in [0, 0.05) is 0 Å². The smallest absolute Gasteiger partial charge is 0.00180 e. The Kier molecular flexibility index (Phi) is 2.72. The highest BCUT2D eigenvalue weighted by molar-refractivity contribution is 5.30. The van der Waals surface area contributed by atoms with E-state index < -0.39 is 0 Å². The van der Waals surface area contributed by atoms with Gasteiger partial charge >= 0.3 is 0 Å². The van der Waals surface area contributed by atoms with E-state index in [1.54, 1.807) is 11.1 Å². The maximum absolute atomic E-state index is 3.39. The van der Waals surface area contributed by atoms with Gasteiger partial charge in [0.05, 0.1) is 0 Å². The van der Waals surface area contributed by atoms with E-state index >= 15 is 0 Å². The van der Waals surface area contributed by atoms with Gasteiger partial charge in [-0.15, -0.1) is 0 Å². The van der Waals surface area contributed by atoms with E-state index in [2.05, 4.69) is 36.6 Å². The van der Waals surface area contributed by atoms with Crippen molar-refractivity contribution >= 4 is 0 Å². The minimum absolute atomic E-state index is 0.914. The Morgan fingerprint density at radius 2 is 1.62 bits per heavy atom. The SMILES string of the molecule is CNCC1C2CCC1Cc1ccccc1C2. The lowest BCUT2D eigenvalue weighted by Crippen LogP contribution is -2.27. The van der Waals surface area contributed by atoms with Crippen molar-refractivity contribution < 1.29 is 0 Å². The van der Waals surface area contributed by atoms with E-state index in [1.807, 2.05) is 0 Å². The molecule has 2 bridgehead atoms. The van der Waals surface area contributed by atoms with Gasteiger partial charge < -0.3 is 5.32 Å². The molecule has 1 aromatic carbocycles. The summed E-state index contributed by atoms with van der Waals surface area (Å²) in [6.07, 6.45) is 5.54. The Morgan fingerprint density at radius 3 is 2.12 bits per heavy atom. The van der Waals surface area contributed by atoms with Gasteiger partial charge in [-0.1, -0.05) is 24.3 Å². The third kappa shape index (κ3) is 1.67. The van der Waals surface area contributed by atoms with Crippen molar-refractivity contribution in [3.05, 3.63) is 35.4 Å². The van der Waals surface area contributed by atoms with Gasteiger partial charge in [-0.05, 0) is 68.2 Å². The predicted octanol–water partition coefficient (Wildman–Crippen LogP) is 2.65. The Morgan fingerprint density at radius 1 is 1.06 bits per heavy atom. The van der Waals surface area contributed by atoms with Crippen molar-refractivity contribution in [2.24, 2.45) is 17.8 Å². The van der Waals surface area contributed by atoms with Crippen LogP contribution in [0.15, 0.2) is 24.3 Å². The lowest BCUT2D eigenvalue weighted by Gasteiger charge is -2.21. The van der Waals surface area contributed by atoms with Crippen LogP contribution in [0.4, 0.5) is 0 Å². The molecular weight excluding hydrogens is 194 g/mol. The van der Waals surface area contributed by atoms with Crippen LogP contribution in [0.5, 0.6) is 0 Å². The van der Waals surface area contributed by atoms with E-state index in [4.69, 9.17) is 0 Å². The zero-order chi connectivity index (χ0) is 11.0. The second kappa shape index (κ2) is 4.21. The third-order valence-corrected chi connectivity index (χ3v) is 4.64. The highest BCUT2D eigenvalue weighted by Gasteiger charge is 2.38. The molecule has 1 saturated carbocycles. The predicted molar refractivity (Wildman–Crippen MR) is 67.5 cm³/mol. The zero-order valence-electron chi connectivity index (χ0n) is 10.1. The Labute approximate surface area is 98.3 Å². The molecule has 0 aliphatic heterocycles. The van der Waals surface area contributed by atoms with Crippen molar-refractivity contribution in [1.82, 2.24) is 5.32 Å². The summed E-state index contributed by atoms with van der Waals surface area (Å²) in [5, 5.41) is 3.39. The minimum Gasteiger partial charge on any atom is -0.319 e. The summed E-state index contributed by atoms with van der Waals surface area (Å²) < 4.78 is 0. The first-order valence-electron chi connectivity index (χ1n) is 6.60. The standard InChI is InChI=1S/C15H21N/c1-16-10-15-13-6-7-14(15)9-12-5-3-2-4-11(12)8-13/h2-5,13-16H,6-10H2,1H3. The maximum Gasteiger partial charge on any atom is -0.00180 e. The van der Waals surface area contributed by atoms with Crippen molar-refractivity contribution in [2.75, 3.05) is 13.6 Å². The fraction of sp³-hybridized carbons (Fsp3) is 0.600. The summed E-state index contributed by atoms with van der Waals surface area (Å²) >= 11 is 0. The summed E-state index contributed by atoms with van der Waals surface area (Å²) in [5.41, 5.74) is 3.24. The van der Waals surface area contributed by atoms with Gasteiger partial charge in [0.1, 0.15) is 0 Å². The molecule has 16 heavy (non-hydrogen) atoms. The van der Waals surface area contributed by atoms with E-state index in [0.717, 1.165) is 17.8 Å². The van der Waals surface area contributed by atoms with Crippen LogP contribution in [0.25, 0.3) is 0 Å². The van der Waals surface area contributed by atoms with Crippen LogP contribution in [0.2, 0.25) is 0 Å². The molecule has 86 valence electrons. The van der Waals surface area contributed by atoms with E-state index in [1.165, 1.54) is 32.2 Å². The molecule has 1 nitrogen and oxygen atoms in total. The Hall–Kier alpha value is -0.820. The van der Waals surface area contributed by atoms with Crippen LogP contribution in [0.3, 0.4) is 0 Å². The lowest BCUT2D eigenvalue weighted by atomic mass is 9.87. The lowest BCUT2D eigenvalue weighted by molar-refractivity contribution is 0.311. The quantitative estimate of drug-likeness (QED) is 0.799. The van der Waals surface area contributed by atoms with Crippen LogP contribution in [0.1, 0.15) is 24.0 Å². The number of rotatable bonds is 2. The van der Waals surface area contributed by atoms with E-state index in [0.29, 0.717) is 0 Å². The summed E-state index contributed by atoms with van der Waals surface area (Å²) in [7, 11) is 2.09. The largest absolute Gasteiger partial charge is 0.319 e. The molecule has 1 heteroatoms. The Bertz CT molecular complexity index is 338. The molecule has 1 fully saturated rings. The summed E-state index contributed by atoms with van der Waals surface area (Å²) in [5.74, 6) is 2.78. The highest BCUT2D eigenvalue weighted by atomic mass is 14.8. The molecule has 0 amide bonds. The van der Waals surface area contributed by atoms with Gasteiger partial charge in [0.25, 0.3) is 0 Å². The molecule has 1 aromatic rings. The van der Waals surface area contributed by atoms with E-state index in [9.17, 15) is 0 Å². The van der Waals surface area contributed by atoms with Crippen LogP contribution in [-0.2, 0) is 12.8 Å². The summed E-state index contributed by atoms with van der Waals surface area (Å²) in [6, 6.07) is 9.08. The highest BCUT2D eigenvalue weighted by Crippen LogP contribution is 2.43. The number of hydrogen-bond donors (Lipinski definition) is 1. The van der Waals surface area contributed by atoms with Crippen molar-refractivity contribution in [2.45, 2.75) is 25.7 Å². The average Bonchev–Trinajstić information content (AvgIpc) is 2.57. The number of nitrogens with one attached hydrogen (secondary N) is 1. The molecule has 0 heterocycles. The fourth-order valence-corrected chi connectivity index (χ4v) is 3.84. The van der Waals surface area contributed by atoms with Gasteiger partial charge in [0.15, 0.2) is 0 Å². The molecule has 2 unspecified atom stereocenters. The number of benzene rings is 1. The number of fused-ring (bicyclic) bond motifs is 3. The first-order valence-corrected chi connectivity index (χ1v) is 6.60. The van der Waals surface area contributed by atoms with Crippen LogP contribution < -0.4 is 5.32 Å². The molecule has 2 aliphatic rings. The normalized spacial score (nSPS) is 32.2. The zero-order valence-corrected chi connectivity index (χ0v) is 10.1. The van der Waals surface area contributed by atoms with Crippen molar-refractivity contribution in [1.29, 1.82) is 0 Å². The minimum atomic E-state index is 0.914. The average molecular weight is 215 g/mol. The monoisotopic (exact) mass is 215 g/mol. The molecular formula is C15H21N. The van der Waals surface area contributed by atoms with Gasteiger partial charge in [-0.3, -0.25) is 0 Å². The number of hydrogen-bond acceptors (Lipinski definition) is 1. The molecule has 0 saturated heterocycles. The van der Waals surface area contributed by atoms with Crippen LogP contribution in [-0.4, -0.2) is 13.6 Å². The van der Waals surface area contributed by atoms with Gasteiger partial charge in [0.2, 0.25) is 0 Å². The molecule has 2 aliphatic carbocycles. The molecule has 3 rings (SSSR count). The fourth-order valence-electron chi connectivity index (χ4n) is 3.84. The van der Waals surface area contributed by atoms with E-state index in [-0.39, 0.29) is 0 Å². The first kappa shape index (κ1) is 10.3. The molecule has 0 spiro atoms. The first-order chi connectivity index (χ1) is 7.88. The molecule has 0 aromatic heterocycles. The molecule has 1 N–H and O–H groups in total. The van der Waals surface area contributed by atoms with Crippen molar-refractivity contribution in [3.63, 3.8) is 0 Å². The van der Waals surface area contributed by atoms with Gasteiger partial charge in [-0.2, -0.15) is 0 Å².